The molecule has 0 amide bonds. The van der Waals surface area contributed by atoms with Gasteiger partial charge in [-0.3, -0.25) is 14.4 Å². The van der Waals surface area contributed by atoms with Crippen LogP contribution in [0, 0.1) is 5.41 Å². The molecule has 0 spiro atoms. The van der Waals surface area contributed by atoms with Crippen molar-refractivity contribution in [3.05, 3.63) is 0 Å². The van der Waals surface area contributed by atoms with Crippen LogP contribution in [0.5, 0.6) is 0 Å². The Labute approximate surface area is 235 Å². The summed E-state index contributed by atoms with van der Waals surface area (Å²) >= 11 is 0. The summed E-state index contributed by atoms with van der Waals surface area (Å²) in [5.41, 5.74) is -1.11. The van der Waals surface area contributed by atoms with Crippen LogP contribution in [0.25, 0.3) is 0 Å². The standard InChI is InChI=1S/C18H36O2.C6H10O4.C5H12O4/c1-2-3-4-5-6-7-8-9-10-11-12-13-14-15-16-17-18(19)20;7-5(8)3-1-2-4-6(9)10;6-1-5(2-7,3-8)4-9/h2-17H2,1H3,(H,19,20);1-4H2,(H,7,8)(H,9,10);6-9H,1-4H2. The lowest BCUT2D eigenvalue weighted by molar-refractivity contribution is -0.139. The van der Waals surface area contributed by atoms with Gasteiger partial charge in [-0.15, -0.1) is 0 Å². The lowest BCUT2D eigenvalue weighted by Gasteiger charge is -2.23. The first-order chi connectivity index (χ1) is 18.6. The van der Waals surface area contributed by atoms with E-state index in [1.807, 2.05) is 0 Å². The Bertz CT molecular complexity index is 517. The van der Waals surface area contributed by atoms with Gasteiger partial charge in [0.2, 0.25) is 0 Å². The first-order valence-corrected chi connectivity index (χ1v) is 14.7. The zero-order valence-corrected chi connectivity index (χ0v) is 24.3. The molecule has 0 bridgehead atoms. The molecule has 10 nitrogen and oxygen atoms in total. The van der Waals surface area contributed by atoms with Crippen molar-refractivity contribution < 1.29 is 50.1 Å². The highest BCUT2D eigenvalue weighted by Gasteiger charge is 2.26. The van der Waals surface area contributed by atoms with Crippen molar-refractivity contribution in [1.29, 1.82) is 0 Å². The molecule has 0 saturated carbocycles. The van der Waals surface area contributed by atoms with Crippen LogP contribution in [0.2, 0.25) is 0 Å². The SMILES string of the molecule is CCCCCCCCCCCCCCCCCC(=O)O.O=C(O)CCCCC(=O)O.OCC(CO)(CO)CO. The third-order valence-electron chi connectivity index (χ3n) is 6.37. The van der Waals surface area contributed by atoms with Gasteiger partial charge in [0, 0.05) is 19.3 Å². The number of rotatable bonds is 25. The van der Waals surface area contributed by atoms with Crippen molar-refractivity contribution in [2.45, 2.75) is 135 Å². The Morgan fingerprint density at radius 1 is 0.410 bits per heavy atom. The fraction of sp³-hybridized carbons (Fsp3) is 0.897. The number of carbonyl (C=O) groups is 3. The predicted molar refractivity (Wildman–Crippen MR) is 152 cm³/mol. The largest absolute Gasteiger partial charge is 0.481 e. The summed E-state index contributed by atoms with van der Waals surface area (Å²) in [7, 11) is 0. The molecule has 39 heavy (non-hydrogen) atoms. The Morgan fingerprint density at radius 2 is 0.615 bits per heavy atom. The Balaban J connectivity index is -0.000000568. The Kier molecular flexibility index (Phi) is 34.7. The monoisotopic (exact) mass is 566 g/mol. The molecule has 0 aromatic rings. The second kappa shape index (κ2) is 32.5. The van der Waals surface area contributed by atoms with Gasteiger partial charge in [0.05, 0.1) is 31.8 Å². The maximum atomic E-state index is 10.3. The van der Waals surface area contributed by atoms with E-state index in [4.69, 9.17) is 35.7 Å². The molecular weight excluding hydrogens is 508 g/mol. The van der Waals surface area contributed by atoms with Crippen LogP contribution >= 0.6 is 0 Å². The number of aliphatic hydroxyl groups excluding tert-OH is 4. The minimum Gasteiger partial charge on any atom is -0.481 e. The van der Waals surface area contributed by atoms with Crippen LogP contribution in [-0.4, -0.2) is 80.1 Å². The van der Waals surface area contributed by atoms with E-state index in [1.54, 1.807) is 0 Å². The summed E-state index contributed by atoms with van der Waals surface area (Å²) in [6.45, 7) is 0.645. The maximum absolute atomic E-state index is 10.3. The third kappa shape index (κ3) is 36.2. The minimum atomic E-state index is -1.11. The molecule has 0 fully saturated rings. The van der Waals surface area contributed by atoms with Crippen molar-refractivity contribution in [2.24, 2.45) is 5.41 Å². The van der Waals surface area contributed by atoms with Crippen LogP contribution in [0.4, 0.5) is 0 Å². The second-order valence-corrected chi connectivity index (χ2v) is 10.2. The van der Waals surface area contributed by atoms with Crippen molar-refractivity contribution in [3.8, 4) is 0 Å². The van der Waals surface area contributed by atoms with E-state index in [0.29, 0.717) is 19.3 Å². The van der Waals surface area contributed by atoms with E-state index in [-0.39, 0.29) is 12.8 Å². The molecule has 0 saturated heterocycles. The molecule has 0 unspecified atom stereocenters. The normalized spacial score (nSPS) is 10.7. The number of carboxylic acids is 3. The highest BCUT2D eigenvalue weighted by molar-refractivity contribution is 5.68. The van der Waals surface area contributed by atoms with Gasteiger partial charge in [0.1, 0.15) is 0 Å². The molecule has 0 heterocycles. The average Bonchev–Trinajstić information content (AvgIpc) is 2.91. The van der Waals surface area contributed by atoms with E-state index >= 15 is 0 Å². The van der Waals surface area contributed by atoms with E-state index in [9.17, 15) is 14.4 Å². The number of aliphatic carboxylic acids is 3. The van der Waals surface area contributed by atoms with E-state index in [2.05, 4.69) is 6.92 Å². The molecule has 0 aliphatic rings. The number of hydrogen-bond donors (Lipinski definition) is 7. The predicted octanol–water partition coefficient (Wildman–Crippen LogP) is 4.99. The molecule has 0 aromatic heterocycles. The van der Waals surface area contributed by atoms with Crippen molar-refractivity contribution in [1.82, 2.24) is 0 Å². The van der Waals surface area contributed by atoms with Crippen LogP contribution in [0.1, 0.15) is 135 Å². The van der Waals surface area contributed by atoms with Gasteiger partial charge >= 0.3 is 17.9 Å². The summed E-state index contributed by atoms with van der Waals surface area (Å²) in [6.07, 6.45) is 21.2. The molecule has 234 valence electrons. The second-order valence-electron chi connectivity index (χ2n) is 10.2. The van der Waals surface area contributed by atoms with Crippen LogP contribution in [0.15, 0.2) is 0 Å². The molecule has 0 aliphatic carbocycles. The highest BCUT2D eigenvalue weighted by atomic mass is 16.4. The van der Waals surface area contributed by atoms with Gasteiger partial charge in [0.25, 0.3) is 0 Å². The zero-order chi connectivity index (χ0) is 30.2. The molecule has 0 atom stereocenters. The number of unbranched alkanes of at least 4 members (excludes halogenated alkanes) is 15. The van der Waals surface area contributed by atoms with Crippen LogP contribution in [-0.2, 0) is 14.4 Å². The maximum Gasteiger partial charge on any atom is 0.303 e. The summed E-state index contributed by atoms with van der Waals surface area (Å²) in [5.74, 6) is -2.39. The van der Waals surface area contributed by atoms with Crippen molar-refractivity contribution in [2.75, 3.05) is 26.4 Å². The summed E-state index contributed by atoms with van der Waals surface area (Å²) in [6, 6.07) is 0. The first kappa shape index (κ1) is 41.7. The van der Waals surface area contributed by atoms with E-state index in [0.717, 1.165) is 12.8 Å². The number of hydrogen-bond acceptors (Lipinski definition) is 7. The first-order valence-electron chi connectivity index (χ1n) is 14.7. The summed E-state index contributed by atoms with van der Waals surface area (Å²) in [4.78, 5) is 30.1. The lowest BCUT2D eigenvalue weighted by Crippen LogP contribution is -2.37. The Hall–Kier alpha value is -1.75. The third-order valence-corrected chi connectivity index (χ3v) is 6.37. The fourth-order valence-electron chi connectivity index (χ4n) is 3.50. The number of carboxylic acid groups (broad SMARTS) is 3. The zero-order valence-electron chi connectivity index (χ0n) is 24.3. The van der Waals surface area contributed by atoms with Gasteiger partial charge in [-0.1, -0.05) is 96.8 Å². The summed E-state index contributed by atoms with van der Waals surface area (Å²) < 4.78 is 0. The topological polar surface area (TPSA) is 193 Å². The summed E-state index contributed by atoms with van der Waals surface area (Å²) in [5, 5.41) is 58.8. The quantitative estimate of drug-likeness (QED) is 0.0740. The van der Waals surface area contributed by atoms with Gasteiger partial charge in [-0.2, -0.15) is 0 Å². The van der Waals surface area contributed by atoms with E-state index in [1.165, 1.54) is 83.5 Å². The number of aliphatic hydroxyl groups is 4. The highest BCUT2D eigenvalue weighted by Crippen LogP contribution is 2.14. The van der Waals surface area contributed by atoms with Gasteiger partial charge < -0.3 is 35.7 Å². The molecule has 0 radical (unpaired) electrons. The van der Waals surface area contributed by atoms with Gasteiger partial charge in [-0.25, -0.2) is 0 Å². The van der Waals surface area contributed by atoms with Crippen LogP contribution < -0.4 is 0 Å². The van der Waals surface area contributed by atoms with Gasteiger partial charge in [-0.05, 0) is 19.3 Å². The smallest absolute Gasteiger partial charge is 0.303 e. The molecule has 0 rings (SSSR count). The van der Waals surface area contributed by atoms with Crippen molar-refractivity contribution >= 4 is 17.9 Å². The molecule has 0 aliphatic heterocycles. The molecule has 10 heteroatoms. The van der Waals surface area contributed by atoms with Crippen molar-refractivity contribution in [3.63, 3.8) is 0 Å². The molecular formula is C29H58O10. The van der Waals surface area contributed by atoms with Crippen LogP contribution in [0.3, 0.4) is 0 Å². The minimum absolute atomic E-state index is 0.0628. The fourth-order valence-corrected chi connectivity index (χ4v) is 3.50. The molecule has 0 aromatic carbocycles. The Morgan fingerprint density at radius 3 is 0.795 bits per heavy atom. The lowest BCUT2D eigenvalue weighted by atomic mass is 9.93. The van der Waals surface area contributed by atoms with Gasteiger partial charge in [0.15, 0.2) is 0 Å². The average molecular weight is 567 g/mol. The molecule has 7 N–H and O–H groups in total. The van der Waals surface area contributed by atoms with E-state index < -0.39 is 49.8 Å².